The fourth-order valence-electron chi connectivity index (χ4n) is 3.97. The van der Waals surface area contributed by atoms with Gasteiger partial charge in [-0.2, -0.15) is 0 Å². The molecule has 1 N–H and O–H groups in total. The molecule has 27 heavy (non-hydrogen) atoms. The number of hydrogen-bond donors (Lipinski definition) is 1. The zero-order valence-electron chi connectivity index (χ0n) is 15.9. The molecule has 0 unspecified atom stereocenters. The van der Waals surface area contributed by atoms with Crippen LogP contribution in [0.5, 0.6) is 5.75 Å². The smallest absolute Gasteiger partial charge is 0.245 e. The molecule has 1 saturated carbocycles. The SMILES string of the molecule is COc1ccccc1NC(=O)C1(N2CCN(Cc3ccccc3)CC2)CC1. The molecule has 1 heterocycles. The molecule has 2 fully saturated rings. The summed E-state index contributed by atoms with van der Waals surface area (Å²) < 4.78 is 5.36. The minimum atomic E-state index is -0.334. The van der Waals surface area contributed by atoms with Crippen molar-refractivity contribution in [1.82, 2.24) is 9.80 Å². The number of methoxy groups -OCH3 is 1. The van der Waals surface area contributed by atoms with E-state index in [4.69, 9.17) is 4.74 Å². The van der Waals surface area contributed by atoms with Gasteiger partial charge in [0.2, 0.25) is 5.91 Å². The highest BCUT2D eigenvalue weighted by molar-refractivity contribution is 6.01. The summed E-state index contributed by atoms with van der Waals surface area (Å²) >= 11 is 0. The standard InChI is InChI=1S/C22H27N3O2/c1-27-20-10-6-5-9-19(20)23-21(26)22(11-12-22)25-15-13-24(14-16-25)17-18-7-3-2-4-8-18/h2-10H,11-17H2,1H3,(H,23,26). The molecule has 1 aliphatic heterocycles. The first kappa shape index (κ1) is 18.0. The molecule has 1 saturated heterocycles. The van der Waals surface area contributed by atoms with Crippen LogP contribution in [0.15, 0.2) is 54.6 Å². The Hall–Kier alpha value is -2.37. The number of nitrogens with one attached hydrogen (secondary N) is 1. The molecule has 0 aromatic heterocycles. The molecule has 0 atom stereocenters. The van der Waals surface area contributed by atoms with Gasteiger partial charge in [0.15, 0.2) is 0 Å². The fourth-order valence-corrected chi connectivity index (χ4v) is 3.97. The average molecular weight is 365 g/mol. The first-order valence-corrected chi connectivity index (χ1v) is 9.67. The van der Waals surface area contributed by atoms with E-state index < -0.39 is 0 Å². The minimum absolute atomic E-state index is 0.100. The lowest BCUT2D eigenvalue weighted by atomic mass is 10.1. The number of nitrogens with zero attached hydrogens (tertiary/aromatic N) is 2. The number of amides is 1. The summed E-state index contributed by atoms with van der Waals surface area (Å²) in [7, 11) is 1.63. The van der Waals surface area contributed by atoms with Gasteiger partial charge >= 0.3 is 0 Å². The van der Waals surface area contributed by atoms with E-state index in [9.17, 15) is 4.79 Å². The minimum Gasteiger partial charge on any atom is -0.495 e. The second-order valence-electron chi connectivity index (χ2n) is 7.43. The first-order valence-electron chi connectivity index (χ1n) is 9.67. The lowest BCUT2D eigenvalue weighted by Crippen LogP contribution is -2.55. The number of benzene rings is 2. The van der Waals surface area contributed by atoms with Crippen LogP contribution in [0.4, 0.5) is 5.69 Å². The van der Waals surface area contributed by atoms with E-state index in [1.165, 1.54) is 5.56 Å². The molecule has 0 bridgehead atoms. The third kappa shape index (κ3) is 3.84. The van der Waals surface area contributed by atoms with Crippen molar-refractivity contribution in [2.24, 2.45) is 0 Å². The number of rotatable bonds is 6. The Morgan fingerprint density at radius 3 is 2.33 bits per heavy atom. The molecule has 142 valence electrons. The van der Waals surface area contributed by atoms with Gasteiger partial charge in [0, 0.05) is 32.7 Å². The van der Waals surface area contributed by atoms with E-state index in [2.05, 4.69) is 45.4 Å². The number of carbonyl (C=O) groups is 1. The quantitative estimate of drug-likeness (QED) is 0.855. The molecule has 5 nitrogen and oxygen atoms in total. The van der Waals surface area contributed by atoms with Crippen LogP contribution in [0.1, 0.15) is 18.4 Å². The number of anilines is 1. The fraction of sp³-hybridized carbons (Fsp3) is 0.409. The first-order chi connectivity index (χ1) is 13.2. The Bertz CT molecular complexity index is 781. The molecular weight excluding hydrogens is 338 g/mol. The lowest BCUT2D eigenvalue weighted by molar-refractivity contribution is -0.123. The lowest BCUT2D eigenvalue weighted by Gasteiger charge is -2.39. The van der Waals surface area contributed by atoms with Gasteiger partial charge in [-0.25, -0.2) is 0 Å². The highest BCUT2D eigenvalue weighted by Crippen LogP contribution is 2.43. The Balaban J connectivity index is 1.35. The summed E-state index contributed by atoms with van der Waals surface area (Å²) in [5.41, 5.74) is 1.76. The largest absolute Gasteiger partial charge is 0.495 e. The van der Waals surface area contributed by atoms with Gasteiger partial charge in [0.25, 0.3) is 0 Å². The number of carbonyl (C=O) groups excluding carboxylic acids is 1. The van der Waals surface area contributed by atoms with Crippen molar-refractivity contribution in [3.63, 3.8) is 0 Å². The van der Waals surface area contributed by atoms with Crippen molar-refractivity contribution < 1.29 is 9.53 Å². The van der Waals surface area contributed by atoms with E-state index >= 15 is 0 Å². The molecule has 2 aromatic carbocycles. The molecule has 2 aromatic rings. The summed E-state index contributed by atoms with van der Waals surface area (Å²) in [6.07, 6.45) is 1.87. The maximum absolute atomic E-state index is 13.0. The number of hydrogen-bond acceptors (Lipinski definition) is 4. The van der Waals surface area contributed by atoms with Crippen LogP contribution in [-0.2, 0) is 11.3 Å². The van der Waals surface area contributed by atoms with Gasteiger partial charge in [0.1, 0.15) is 11.3 Å². The second-order valence-corrected chi connectivity index (χ2v) is 7.43. The maximum atomic E-state index is 13.0. The Kier molecular flexibility index (Phi) is 5.14. The topological polar surface area (TPSA) is 44.8 Å². The van der Waals surface area contributed by atoms with Crippen molar-refractivity contribution in [1.29, 1.82) is 0 Å². The van der Waals surface area contributed by atoms with Crippen molar-refractivity contribution in [2.45, 2.75) is 24.9 Å². The summed E-state index contributed by atoms with van der Waals surface area (Å²) in [6, 6.07) is 18.2. The monoisotopic (exact) mass is 365 g/mol. The average Bonchev–Trinajstić information content (AvgIpc) is 3.52. The predicted octanol–water partition coefficient (Wildman–Crippen LogP) is 2.98. The zero-order valence-corrected chi connectivity index (χ0v) is 15.9. The summed E-state index contributed by atoms with van der Waals surface area (Å²) in [6.45, 7) is 4.85. The van der Waals surface area contributed by atoms with Gasteiger partial charge in [-0.1, -0.05) is 42.5 Å². The Labute approximate surface area is 160 Å². The Morgan fingerprint density at radius 1 is 1.00 bits per heavy atom. The summed E-state index contributed by atoms with van der Waals surface area (Å²) in [5, 5.41) is 3.09. The molecule has 0 spiro atoms. The van der Waals surface area contributed by atoms with E-state index in [0.717, 1.165) is 51.3 Å². The van der Waals surface area contributed by atoms with Crippen LogP contribution in [0.25, 0.3) is 0 Å². The van der Waals surface area contributed by atoms with Crippen molar-refractivity contribution in [3.8, 4) is 5.75 Å². The third-order valence-electron chi connectivity index (χ3n) is 5.73. The van der Waals surface area contributed by atoms with Crippen molar-refractivity contribution in [3.05, 3.63) is 60.2 Å². The molecule has 5 heteroatoms. The van der Waals surface area contributed by atoms with Crippen LogP contribution in [0.2, 0.25) is 0 Å². The zero-order chi connectivity index (χ0) is 18.7. The molecule has 0 radical (unpaired) electrons. The molecule has 4 rings (SSSR count). The van der Waals surface area contributed by atoms with Crippen LogP contribution >= 0.6 is 0 Å². The van der Waals surface area contributed by atoms with Gasteiger partial charge in [-0.15, -0.1) is 0 Å². The van der Waals surface area contributed by atoms with Crippen molar-refractivity contribution >= 4 is 11.6 Å². The van der Waals surface area contributed by atoms with E-state index in [0.29, 0.717) is 5.75 Å². The maximum Gasteiger partial charge on any atom is 0.245 e. The number of piperazine rings is 1. The predicted molar refractivity (Wildman–Crippen MR) is 107 cm³/mol. The van der Waals surface area contributed by atoms with Crippen LogP contribution in [-0.4, -0.2) is 54.5 Å². The normalized spacial score (nSPS) is 19.4. The molecular formula is C22H27N3O2. The van der Waals surface area contributed by atoms with Gasteiger partial charge in [0.05, 0.1) is 12.8 Å². The summed E-state index contributed by atoms with van der Waals surface area (Å²) in [5.74, 6) is 0.804. The second kappa shape index (κ2) is 7.71. The van der Waals surface area contributed by atoms with Gasteiger partial charge in [-0.3, -0.25) is 14.6 Å². The molecule has 1 aliphatic carbocycles. The molecule has 2 aliphatic rings. The van der Waals surface area contributed by atoms with Crippen LogP contribution < -0.4 is 10.1 Å². The molecule has 1 amide bonds. The highest BCUT2D eigenvalue weighted by atomic mass is 16.5. The van der Waals surface area contributed by atoms with E-state index in [1.54, 1.807) is 7.11 Å². The van der Waals surface area contributed by atoms with Crippen LogP contribution in [0.3, 0.4) is 0 Å². The van der Waals surface area contributed by atoms with Gasteiger partial charge < -0.3 is 10.1 Å². The van der Waals surface area contributed by atoms with Gasteiger partial charge in [-0.05, 0) is 30.5 Å². The Morgan fingerprint density at radius 2 is 1.67 bits per heavy atom. The third-order valence-corrected chi connectivity index (χ3v) is 5.73. The van der Waals surface area contributed by atoms with E-state index in [-0.39, 0.29) is 11.4 Å². The van der Waals surface area contributed by atoms with E-state index in [1.807, 2.05) is 24.3 Å². The number of para-hydroxylation sites is 2. The van der Waals surface area contributed by atoms with Crippen molar-refractivity contribution in [2.75, 3.05) is 38.6 Å². The highest BCUT2D eigenvalue weighted by Gasteiger charge is 2.54. The summed E-state index contributed by atoms with van der Waals surface area (Å²) in [4.78, 5) is 17.9. The van der Waals surface area contributed by atoms with Crippen LogP contribution in [0, 0.1) is 0 Å². The number of ether oxygens (including phenoxy) is 1.